The summed E-state index contributed by atoms with van der Waals surface area (Å²) in [7, 11) is -2.53. The van der Waals surface area contributed by atoms with Crippen LogP contribution in [0.5, 0.6) is 5.75 Å². The van der Waals surface area contributed by atoms with E-state index >= 15 is 0 Å². The van der Waals surface area contributed by atoms with Gasteiger partial charge in [0.1, 0.15) is 10.6 Å². The van der Waals surface area contributed by atoms with Gasteiger partial charge < -0.3 is 9.64 Å². The molecule has 0 spiro atoms. The lowest BCUT2D eigenvalue weighted by atomic mass is 10.1. The van der Waals surface area contributed by atoms with Gasteiger partial charge in [0.2, 0.25) is 27.8 Å². The lowest BCUT2D eigenvalue weighted by Crippen LogP contribution is -2.49. The number of piperazine rings is 1. The van der Waals surface area contributed by atoms with Gasteiger partial charge in [0.05, 0.1) is 12.8 Å². The van der Waals surface area contributed by atoms with Crippen LogP contribution in [0.3, 0.4) is 0 Å². The van der Waals surface area contributed by atoms with E-state index in [9.17, 15) is 18.0 Å². The van der Waals surface area contributed by atoms with Crippen molar-refractivity contribution in [2.24, 2.45) is 0 Å². The fraction of sp³-hybridized carbons (Fsp3) is 0.400. The highest BCUT2D eigenvalue weighted by molar-refractivity contribution is 7.89. The third kappa shape index (κ3) is 4.10. The molecule has 0 aliphatic carbocycles. The predicted octanol–water partition coefficient (Wildman–Crippen LogP) is 1.04. The minimum atomic E-state index is -3.91. The van der Waals surface area contributed by atoms with Crippen LogP contribution in [-0.4, -0.2) is 67.8 Å². The largest absolute Gasteiger partial charge is 0.495 e. The molecule has 1 aromatic carbocycles. The number of benzene rings is 1. The number of carbonyl (C=O) groups excluding carboxylic acids is 2. The quantitative estimate of drug-likeness (QED) is 0.628. The van der Waals surface area contributed by atoms with Crippen molar-refractivity contribution in [3.63, 3.8) is 0 Å². The molecule has 0 N–H and O–H groups in total. The predicted molar refractivity (Wildman–Crippen MR) is 112 cm³/mol. The fourth-order valence-electron chi connectivity index (χ4n) is 3.77. The molecule has 0 bridgehead atoms. The second kappa shape index (κ2) is 8.60. The Kier molecular flexibility index (Phi) is 5.88. The molecule has 2 aromatic rings. The normalized spacial score (nSPS) is 18.4. The molecule has 10 nitrogen and oxygen atoms in total. The molecule has 0 radical (unpaired) electrons. The monoisotopic (exact) mass is 445 g/mol. The maximum atomic E-state index is 13.4. The number of anilines is 2. The second-order valence-corrected chi connectivity index (χ2v) is 9.16. The third-order valence-electron chi connectivity index (χ3n) is 5.38. The fourth-order valence-corrected chi connectivity index (χ4v) is 5.37. The highest BCUT2D eigenvalue weighted by Crippen LogP contribution is 2.33. The molecule has 2 saturated heterocycles. The molecule has 31 heavy (non-hydrogen) atoms. The Balaban J connectivity index is 1.60. The zero-order valence-corrected chi connectivity index (χ0v) is 17.9. The number of methoxy groups -OCH3 is 1. The van der Waals surface area contributed by atoms with Crippen LogP contribution in [0, 0.1) is 0 Å². The molecular weight excluding hydrogens is 422 g/mol. The molecule has 164 valence electrons. The molecule has 2 aliphatic heterocycles. The maximum absolute atomic E-state index is 13.4. The first-order valence-corrected chi connectivity index (χ1v) is 11.4. The second-order valence-electron chi connectivity index (χ2n) is 7.25. The lowest BCUT2D eigenvalue weighted by Gasteiger charge is -2.34. The molecule has 2 aliphatic rings. The smallest absolute Gasteiger partial charge is 0.246 e. The number of hydrogen-bond donors (Lipinski definition) is 0. The molecule has 1 aromatic heterocycles. The van der Waals surface area contributed by atoms with E-state index in [1.54, 1.807) is 18.5 Å². The standard InChI is InChI=1S/C20H23N5O5S/c1-30-16-7-6-15(25-18(26)4-2-5-19(25)27)14-17(16)31(28,29)24-12-10-23(11-13-24)20-21-8-3-9-22-20/h3,6-9,14H,2,4-5,10-13H2,1H3. The molecule has 3 heterocycles. The number of nitrogens with zero attached hydrogens (tertiary/aromatic N) is 5. The summed E-state index contributed by atoms with van der Waals surface area (Å²) in [6, 6.07) is 6.08. The molecule has 0 unspecified atom stereocenters. The Morgan fingerprint density at radius 1 is 0.968 bits per heavy atom. The van der Waals surface area contributed by atoms with Crippen LogP contribution in [0.4, 0.5) is 11.6 Å². The van der Waals surface area contributed by atoms with Crippen molar-refractivity contribution >= 4 is 33.5 Å². The number of piperidine rings is 1. The molecule has 2 amide bonds. The van der Waals surface area contributed by atoms with E-state index in [1.807, 2.05) is 4.90 Å². The first-order chi connectivity index (χ1) is 14.9. The average molecular weight is 446 g/mol. The third-order valence-corrected chi connectivity index (χ3v) is 7.30. The number of carbonyl (C=O) groups is 2. The molecule has 11 heteroatoms. The van der Waals surface area contributed by atoms with Crippen molar-refractivity contribution in [3.8, 4) is 5.75 Å². The van der Waals surface area contributed by atoms with Crippen LogP contribution in [-0.2, 0) is 19.6 Å². The number of aromatic nitrogens is 2. The minimum absolute atomic E-state index is 0.0666. The van der Waals surface area contributed by atoms with E-state index in [-0.39, 0.29) is 54.1 Å². The summed E-state index contributed by atoms with van der Waals surface area (Å²) < 4.78 is 33.5. The van der Waals surface area contributed by atoms with Gasteiger partial charge in [-0.1, -0.05) is 0 Å². The summed E-state index contributed by atoms with van der Waals surface area (Å²) in [5, 5.41) is 0. The van der Waals surface area contributed by atoms with Gasteiger partial charge in [0.15, 0.2) is 0 Å². The Bertz CT molecular complexity index is 1070. The molecule has 0 saturated carbocycles. The molecule has 4 rings (SSSR count). The van der Waals surface area contributed by atoms with Crippen molar-refractivity contribution in [3.05, 3.63) is 36.7 Å². The van der Waals surface area contributed by atoms with Crippen LogP contribution in [0.15, 0.2) is 41.6 Å². The number of sulfonamides is 1. The summed E-state index contributed by atoms with van der Waals surface area (Å²) in [6.07, 6.45) is 4.30. The Morgan fingerprint density at radius 2 is 1.61 bits per heavy atom. The zero-order chi connectivity index (χ0) is 22.0. The topological polar surface area (TPSA) is 113 Å². The summed E-state index contributed by atoms with van der Waals surface area (Å²) in [5.74, 6) is 0.0539. The highest BCUT2D eigenvalue weighted by Gasteiger charge is 2.34. The minimum Gasteiger partial charge on any atom is -0.495 e. The molecular formula is C20H23N5O5S. The van der Waals surface area contributed by atoms with Crippen molar-refractivity contribution in [2.45, 2.75) is 24.2 Å². The van der Waals surface area contributed by atoms with Crippen LogP contribution < -0.4 is 14.5 Å². The van der Waals surface area contributed by atoms with E-state index in [1.165, 1.54) is 29.6 Å². The van der Waals surface area contributed by atoms with Crippen molar-refractivity contribution in [1.82, 2.24) is 14.3 Å². The Morgan fingerprint density at radius 3 is 2.23 bits per heavy atom. The van der Waals surface area contributed by atoms with E-state index in [0.717, 1.165) is 4.90 Å². The summed E-state index contributed by atoms with van der Waals surface area (Å²) in [5.41, 5.74) is 0.241. The summed E-state index contributed by atoms with van der Waals surface area (Å²) >= 11 is 0. The Labute approximate surface area is 180 Å². The van der Waals surface area contributed by atoms with Crippen LogP contribution in [0.2, 0.25) is 0 Å². The van der Waals surface area contributed by atoms with Gasteiger partial charge in [-0.3, -0.25) is 14.5 Å². The van der Waals surface area contributed by atoms with Crippen molar-refractivity contribution in [2.75, 3.05) is 43.1 Å². The first-order valence-electron chi connectivity index (χ1n) is 9.98. The van der Waals surface area contributed by atoms with Gasteiger partial charge in [0.25, 0.3) is 0 Å². The first kappa shape index (κ1) is 21.2. The van der Waals surface area contributed by atoms with Gasteiger partial charge in [-0.25, -0.2) is 18.4 Å². The number of imide groups is 1. The molecule has 2 fully saturated rings. The van der Waals surface area contributed by atoms with Crippen molar-refractivity contribution < 1.29 is 22.7 Å². The highest BCUT2D eigenvalue weighted by atomic mass is 32.2. The number of amides is 2. The number of ether oxygens (including phenoxy) is 1. The van der Waals surface area contributed by atoms with E-state index < -0.39 is 10.0 Å². The average Bonchev–Trinajstić information content (AvgIpc) is 2.79. The van der Waals surface area contributed by atoms with Gasteiger partial charge in [-0.05, 0) is 30.7 Å². The van der Waals surface area contributed by atoms with Crippen LogP contribution >= 0.6 is 0 Å². The number of hydrogen-bond acceptors (Lipinski definition) is 8. The van der Waals surface area contributed by atoms with E-state index in [0.29, 0.717) is 25.5 Å². The summed E-state index contributed by atoms with van der Waals surface area (Å²) in [4.78, 5) is 35.9. The van der Waals surface area contributed by atoms with Crippen LogP contribution in [0.25, 0.3) is 0 Å². The summed E-state index contributed by atoms with van der Waals surface area (Å²) in [6.45, 7) is 1.37. The van der Waals surface area contributed by atoms with Gasteiger partial charge in [-0.15, -0.1) is 0 Å². The van der Waals surface area contributed by atoms with E-state index in [4.69, 9.17) is 4.74 Å². The SMILES string of the molecule is COc1ccc(N2C(=O)CCCC2=O)cc1S(=O)(=O)N1CCN(c2ncccn2)CC1. The maximum Gasteiger partial charge on any atom is 0.246 e. The van der Waals surface area contributed by atoms with E-state index in [2.05, 4.69) is 9.97 Å². The van der Waals surface area contributed by atoms with Gasteiger partial charge in [0, 0.05) is 51.4 Å². The number of rotatable bonds is 5. The van der Waals surface area contributed by atoms with Gasteiger partial charge >= 0.3 is 0 Å². The Hall–Kier alpha value is -3.05. The molecule has 0 atom stereocenters. The lowest BCUT2D eigenvalue weighted by molar-refractivity contribution is -0.129. The van der Waals surface area contributed by atoms with Crippen molar-refractivity contribution in [1.29, 1.82) is 0 Å². The van der Waals surface area contributed by atoms with Gasteiger partial charge in [-0.2, -0.15) is 4.31 Å². The zero-order valence-electron chi connectivity index (χ0n) is 17.1. The van der Waals surface area contributed by atoms with Crippen LogP contribution in [0.1, 0.15) is 19.3 Å².